The summed E-state index contributed by atoms with van der Waals surface area (Å²) in [6.07, 6.45) is 0. The predicted molar refractivity (Wildman–Crippen MR) is 27.9 cm³/mol. The summed E-state index contributed by atoms with van der Waals surface area (Å²) in [5.74, 6) is -0.293. The molecular weight excluding hydrogens is 108 g/mol. The fourth-order valence-electron chi connectivity index (χ4n) is 0.219. The summed E-state index contributed by atoms with van der Waals surface area (Å²) < 4.78 is 8.95. The van der Waals surface area contributed by atoms with E-state index in [0.717, 1.165) is 0 Å². The van der Waals surface area contributed by atoms with Gasteiger partial charge in [0.05, 0.1) is 0 Å². The normalized spacial score (nSPS) is 8.75. The quantitative estimate of drug-likeness (QED) is 0.395. The molecule has 0 bridgehead atoms. The molecule has 0 aliphatic heterocycles. The number of rotatable bonds is 3. The number of carbonyl (C=O) groups is 1. The SMILES string of the molecule is CO[CH]COC(C)=O. The first kappa shape index (κ1) is 7.43. The molecule has 47 valence electrons. The van der Waals surface area contributed by atoms with E-state index in [-0.39, 0.29) is 12.6 Å². The maximum Gasteiger partial charge on any atom is 0.302 e. The second-order valence-corrected chi connectivity index (χ2v) is 1.20. The van der Waals surface area contributed by atoms with Crippen LogP contribution >= 0.6 is 0 Å². The van der Waals surface area contributed by atoms with Gasteiger partial charge in [-0.1, -0.05) is 0 Å². The number of hydrogen-bond acceptors (Lipinski definition) is 3. The molecule has 3 heteroatoms. The number of ether oxygens (including phenoxy) is 2. The first-order valence-corrected chi connectivity index (χ1v) is 2.25. The number of hydrogen-bond donors (Lipinski definition) is 0. The van der Waals surface area contributed by atoms with Gasteiger partial charge in [0.15, 0.2) is 0 Å². The van der Waals surface area contributed by atoms with Crippen molar-refractivity contribution in [2.24, 2.45) is 0 Å². The van der Waals surface area contributed by atoms with Crippen molar-refractivity contribution in [3.63, 3.8) is 0 Å². The second kappa shape index (κ2) is 4.59. The lowest BCUT2D eigenvalue weighted by Gasteiger charge is -1.96. The van der Waals surface area contributed by atoms with Crippen molar-refractivity contribution in [1.82, 2.24) is 0 Å². The maximum atomic E-state index is 10.0. The highest BCUT2D eigenvalue weighted by molar-refractivity contribution is 5.65. The molecule has 0 aliphatic rings. The van der Waals surface area contributed by atoms with Crippen LogP contribution in [0.1, 0.15) is 6.92 Å². The highest BCUT2D eigenvalue weighted by atomic mass is 16.6. The maximum absolute atomic E-state index is 10.0. The Bertz CT molecular complexity index is 70.1. The summed E-state index contributed by atoms with van der Waals surface area (Å²) in [4.78, 5) is 10.0. The van der Waals surface area contributed by atoms with E-state index in [1.165, 1.54) is 20.6 Å². The molecule has 0 aliphatic carbocycles. The smallest absolute Gasteiger partial charge is 0.302 e. The van der Waals surface area contributed by atoms with Crippen molar-refractivity contribution in [3.8, 4) is 0 Å². The van der Waals surface area contributed by atoms with E-state index < -0.39 is 0 Å². The molecule has 0 saturated heterocycles. The molecule has 0 atom stereocenters. The van der Waals surface area contributed by atoms with Gasteiger partial charge in [-0.3, -0.25) is 4.79 Å². The Hall–Kier alpha value is -0.570. The largest absolute Gasteiger partial charge is 0.463 e. The Morgan fingerprint density at radius 2 is 2.38 bits per heavy atom. The van der Waals surface area contributed by atoms with Gasteiger partial charge in [-0.05, 0) is 0 Å². The fourth-order valence-corrected chi connectivity index (χ4v) is 0.219. The van der Waals surface area contributed by atoms with Crippen LogP contribution in [0, 0.1) is 6.61 Å². The average molecular weight is 117 g/mol. The van der Waals surface area contributed by atoms with Crippen molar-refractivity contribution in [1.29, 1.82) is 0 Å². The van der Waals surface area contributed by atoms with Crippen molar-refractivity contribution in [3.05, 3.63) is 6.61 Å². The summed E-state index contributed by atoms with van der Waals surface area (Å²) in [5, 5.41) is 0. The zero-order valence-corrected chi connectivity index (χ0v) is 5.01. The first-order chi connectivity index (χ1) is 3.77. The van der Waals surface area contributed by atoms with Gasteiger partial charge in [0.2, 0.25) is 0 Å². The minimum Gasteiger partial charge on any atom is -0.463 e. The van der Waals surface area contributed by atoms with Gasteiger partial charge in [-0.2, -0.15) is 0 Å². The molecule has 1 radical (unpaired) electrons. The lowest BCUT2D eigenvalue weighted by molar-refractivity contribution is -0.140. The summed E-state index contributed by atoms with van der Waals surface area (Å²) in [6, 6.07) is 0. The number of carbonyl (C=O) groups excluding carboxylic acids is 1. The van der Waals surface area contributed by atoms with E-state index in [1.807, 2.05) is 0 Å². The van der Waals surface area contributed by atoms with Gasteiger partial charge in [0.25, 0.3) is 0 Å². The Labute approximate surface area is 48.6 Å². The van der Waals surface area contributed by atoms with Gasteiger partial charge in [0, 0.05) is 14.0 Å². The summed E-state index contributed by atoms with van der Waals surface area (Å²) in [5.41, 5.74) is 0. The molecular formula is C5H9O3. The van der Waals surface area contributed by atoms with Gasteiger partial charge in [-0.25, -0.2) is 0 Å². The summed E-state index contributed by atoms with van der Waals surface area (Å²) in [6.45, 7) is 2.98. The molecule has 0 saturated carbocycles. The highest BCUT2D eigenvalue weighted by Gasteiger charge is 1.88. The van der Waals surface area contributed by atoms with Gasteiger partial charge in [0.1, 0.15) is 13.2 Å². The van der Waals surface area contributed by atoms with Crippen LogP contribution in [0.15, 0.2) is 0 Å². The third kappa shape index (κ3) is 5.43. The Morgan fingerprint density at radius 1 is 1.75 bits per heavy atom. The van der Waals surface area contributed by atoms with Crippen LogP contribution in [0.4, 0.5) is 0 Å². The molecule has 3 nitrogen and oxygen atoms in total. The molecule has 0 aromatic carbocycles. The number of esters is 1. The minimum absolute atomic E-state index is 0.228. The highest BCUT2D eigenvalue weighted by Crippen LogP contribution is 1.80. The molecule has 0 spiro atoms. The van der Waals surface area contributed by atoms with Crippen molar-refractivity contribution >= 4 is 5.97 Å². The first-order valence-electron chi connectivity index (χ1n) is 2.25. The van der Waals surface area contributed by atoms with Gasteiger partial charge in [-0.15, -0.1) is 0 Å². The molecule has 8 heavy (non-hydrogen) atoms. The summed E-state index contributed by atoms with van der Waals surface area (Å²) >= 11 is 0. The molecule has 0 heterocycles. The molecule has 0 aromatic rings. The van der Waals surface area contributed by atoms with Crippen LogP contribution in [0.5, 0.6) is 0 Å². The van der Waals surface area contributed by atoms with Crippen molar-refractivity contribution < 1.29 is 14.3 Å². The monoisotopic (exact) mass is 117 g/mol. The van der Waals surface area contributed by atoms with E-state index in [1.54, 1.807) is 0 Å². The molecule has 0 unspecified atom stereocenters. The molecule has 0 rings (SSSR count). The summed E-state index contributed by atoms with van der Waals surface area (Å²) in [7, 11) is 1.50. The third-order valence-electron chi connectivity index (χ3n) is 0.521. The van der Waals surface area contributed by atoms with Crippen LogP contribution in [-0.4, -0.2) is 19.7 Å². The van der Waals surface area contributed by atoms with Crippen LogP contribution < -0.4 is 0 Å². The third-order valence-corrected chi connectivity index (χ3v) is 0.521. The van der Waals surface area contributed by atoms with Crippen LogP contribution in [0.3, 0.4) is 0 Å². The predicted octanol–water partition coefficient (Wildman–Crippen LogP) is 0.358. The van der Waals surface area contributed by atoms with Crippen LogP contribution in [0.2, 0.25) is 0 Å². The zero-order valence-electron chi connectivity index (χ0n) is 5.01. The Morgan fingerprint density at radius 3 is 2.75 bits per heavy atom. The molecule has 0 aromatic heterocycles. The lowest BCUT2D eigenvalue weighted by atomic mass is 10.7. The topological polar surface area (TPSA) is 35.5 Å². The van der Waals surface area contributed by atoms with E-state index in [9.17, 15) is 4.79 Å². The van der Waals surface area contributed by atoms with Gasteiger partial charge < -0.3 is 9.47 Å². The van der Waals surface area contributed by atoms with Crippen molar-refractivity contribution in [2.45, 2.75) is 6.92 Å². The van der Waals surface area contributed by atoms with E-state index in [2.05, 4.69) is 9.47 Å². The lowest BCUT2D eigenvalue weighted by Crippen LogP contribution is -2.01. The Kier molecular flexibility index (Phi) is 4.26. The van der Waals surface area contributed by atoms with Crippen molar-refractivity contribution in [2.75, 3.05) is 13.7 Å². The average Bonchev–Trinajstić information content (AvgIpc) is 1.66. The standard InChI is InChI=1S/C5H9O3/c1-5(6)8-4-3-7-2/h3H,4H2,1-2H3. The van der Waals surface area contributed by atoms with Crippen LogP contribution in [-0.2, 0) is 14.3 Å². The fraction of sp³-hybridized carbons (Fsp3) is 0.600. The van der Waals surface area contributed by atoms with Gasteiger partial charge >= 0.3 is 5.97 Å². The molecule has 0 N–H and O–H groups in total. The minimum atomic E-state index is -0.293. The molecule has 0 amide bonds. The Balaban J connectivity index is 2.82. The second-order valence-electron chi connectivity index (χ2n) is 1.20. The van der Waals surface area contributed by atoms with E-state index in [4.69, 9.17) is 0 Å². The molecule has 0 fully saturated rings. The number of methoxy groups -OCH3 is 1. The zero-order chi connectivity index (χ0) is 6.41. The van der Waals surface area contributed by atoms with Crippen LogP contribution in [0.25, 0.3) is 0 Å². The van der Waals surface area contributed by atoms with E-state index in [0.29, 0.717) is 0 Å². The van der Waals surface area contributed by atoms with E-state index >= 15 is 0 Å².